The van der Waals surface area contributed by atoms with Gasteiger partial charge in [-0.15, -0.1) is 0 Å². The van der Waals surface area contributed by atoms with Crippen LogP contribution < -0.4 is 10.6 Å². The summed E-state index contributed by atoms with van der Waals surface area (Å²) in [4.78, 5) is 38.6. The van der Waals surface area contributed by atoms with Gasteiger partial charge in [-0.25, -0.2) is 4.21 Å². The number of aliphatic carboxylic acids is 1. The average Bonchev–Trinajstić information content (AvgIpc) is 2.91. The first-order valence-corrected chi connectivity index (χ1v) is 14.4. The van der Waals surface area contributed by atoms with Gasteiger partial charge in [0.05, 0.1) is 19.1 Å². The molecule has 0 aliphatic heterocycles. The van der Waals surface area contributed by atoms with Crippen molar-refractivity contribution in [2.75, 3.05) is 5.32 Å². The molecule has 3 N–H and O–H groups in total. The molecule has 194 valence electrons. The Hall–Kier alpha value is -4.08. The first-order chi connectivity index (χ1) is 18.2. The summed E-state index contributed by atoms with van der Waals surface area (Å²) < 4.78 is 13.7. The Balaban J connectivity index is 1.62. The monoisotopic (exact) mass is 546 g/mol. The van der Waals surface area contributed by atoms with E-state index in [0.29, 0.717) is 15.8 Å². The van der Waals surface area contributed by atoms with Crippen LogP contribution in [0.3, 0.4) is 0 Å². The predicted molar refractivity (Wildman–Crippen MR) is 150 cm³/mol. The zero-order valence-corrected chi connectivity index (χ0v) is 22.2. The lowest BCUT2D eigenvalue weighted by Gasteiger charge is -2.20. The lowest BCUT2D eigenvalue weighted by Crippen LogP contribution is -2.44. The Morgan fingerprint density at radius 1 is 0.895 bits per heavy atom. The number of hydrogen-bond acceptors (Lipinski definition) is 5. The SMILES string of the molecule is Cc1ccc(S(=O)(=S)c2ccccc2NC(=O)[C@H](CCC(=O)O)NC(=O)c2cccc3ccccc23)cc1. The highest BCUT2D eigenvalue weighted by Gasteiger charge is 2.25. The van der Waals surface area contributed by atoms with E-state index in [1.54, 1.807) is 54.6 Å². The second-order valence-electron chi connectivity index (χ2n) is 8.79. The highest BCUT2D eigenvalue weighted by atomic mass is 32.8. The molecule has 1 unspecified atom stereocenters. The molecular weight excluding hydrogens is 520 g/mol. The first-order valence-electron chi connectivity index (χ1n) is 11.9. The van der Waals surface area contributed by atoms with Gasteiger partial charge in [0.15, 0.2) is 0 Å². The van der Waals surface area contributed by atoms with Gasteiger partial charge in [-0.05, 0) is 65.6 Å². The Kier molecular flexibility index (Phi) is 8.19. The Morgan fingerprint density at radius 3 is 2.29 bits per heavy atom. The lowest BCUT2D eigenvalue weighted by molar-refractivity contribution is -0.137. The minimum Gasteiger partial charge on any atom is -0.481 e. The van der Waals surface area contributed by atoms with Gasteiger partial charge in [-0.3, -0.25) is 14.4 Å². The fraction of sp³-hybridized carbons (Fsp3) is 0.138. The second kappa shape index (κ2) is 11.5. The van der Waals surface area contributed by atoms with Crippen LogP contribution in [0.5, 0.6) is 0 Å². The molecule has 0 saturated carbocycles. The number of carboxylic acids is 1. The largest absolute Gasteiger partial charge is 0.481 e. The van der Waals surface area contributed by atoms with Gasteiger partial charge >= 0.3 is 5.97 Å². The van der Waals surface area contributed by atoms with E-state index in [1.165, 1.54) is 0 Å². The third-order valence-corrected chi connectivity index (χ3v) is 9.01. The standard InChI is InChI=1S/C29H26N2O5S2/c1-19-13-15-21(16-14-19)38(36,37)26-12-5-4-11-24(26)30-29(35)25(17-18-27(32)33)31-28(34)23-10-6-8-20-7-2-3-9-22(20)23/h2-16,25H,17-18H2,1H3,(H,30,35)(H,31,34)(H,32,33)/t25-,38?/m0/s1. The molecule has 0 aliphatic carbocycles. The van der Waals surface area contributed by atoms with Gasteiger partial charge in [0.1, 0.15) is 6.04 Å². The molecule has 0 saturated heterocycles. The van der Waals surface area contributed by atoms with Crippen molar-refractivity contribution in [1.82, 2.24) is 5.32 Å². The van der Waals surface area contributed by atoms with Gasteiger partial charge in [-0.1, -0.05) is 66.2 Å². The van der Waals surface area contributed by atoms with E-state index < -0.39 is 32.3 Å². The molecule has 0 aliphatic rings. The zero-order valence-electron chi connectivity index (χ0n) is 20.5. The molecule has 2 atom stereocenters. The van der Waals surface area contributed by atoms with Gasteiger partial charge in [-0.2, -0.15) is 0 Å². The molecule has 4 aromatic carbocycles. The zero-order chi connectivity index (χ0) is 27.3. The van der Waals surface area contributed by atoms with E-state index in [0.717, 1.165) is 10.9 Å². The van der Waals surface area contributed by atoms with Gasteiger partial charge < -0.3 is 15.7 Å². The number of fused-ring (bicyclic) bond motifs is 1. The van der Waals surface area contributed by atoms with Crippen molar-refractivity contribution >= 4 is 53.9 Å². The molecule has 9 heteroatoms. The van der Waals surface area contributed by atoms with Crippen LogP contribution in [0.25, 0.3) is 10.8 Å². The fourth-order valence-electron chi connectivity index (χ4n) is 4.06. The van der Waals surface area contributed by atoms with Crippen LogP contribution in [0.2, 0.25) is 0 Å². The van der Waals surface area contributed by atoms with E-state index in [2.05, 4.69) is 10.6 Å². The molecule has 0 aromatic heterocycles. The number of amides is 2. The maximum absolute atomic E-state index is 13.7. The van der Waals surface area contributed by atoms with Crippen LogP contribution in [-0.4, -0.2) is 33.1 Å². The summed E-state index contributed by atoms with van der Waals surface area (Å²) in [6.07, 6.45) is -0.474. The third-order valence-electron chi connectivity index (χ3n) is 6.07. The van der Waals surface area contributed by atoms with Crippen LogP contribution in [0.4, 0.5) is 5.69 Å². The quantitative estimate of drug-likeness (QED) is 0.275. The maximum atomic E-state index is 13.7. The number of carbonyl (C=O) groups excluding carboxylic acids is 2. The van der Waals surface area contributed by atoms with Gasteiger partial charge in [0.2, 0.25) is 5.91 Å². The van der Waals surface area contributed by atoms with Crippen molar-refractivity contribution in [3.8, 4) is 0 Å². The maximum Gasteiger partial charge on any atom is 0.303 e. The van der Waals surface area contributed by atoms with Crippen LogP contribution in [0.15, 0.2) is 101 Å². The minimum absolute atomic E-state index is 0.138. The van der Waals surface area contributed by atoms with E-state index >= 15 is 0 Å². The fourth-order valence-corrected chi connectivity index (χ4v) is 6.25. The number of benzene rings is 4. The number of aryl methyl sites for hydroxylation is 1. The number of anilines is 1. The van der Waals surface area contributed by atoms with Crippen LogP contribution in [0, 0.1) is 6.92 Å². The number of para-hydroxylation sites is 1. The lowest BCUT2D eigenvalue weighted by atomic mass is 10.0. The highest BCUT2D eigenvalue weighted by molar-refractivity contribution is 8.33. The van der Waals surface area contributed by atoms with Crippen LogP contribution in [0.1, 0.15) is 28.8 Å². The molecular formula is C29H26N2O5S2. The molecule has 0 radical (unpaired) electrons. The average molecular weight is 547 g/mol. The number of carbonyl (C=O) groups is 3. The molecule has 0 bridgehead atoms. The van der Waals surface area contributed by atoms with Crippen LogP contribution in [-0.2, 0) is 29.3 Å². The summed E-state index contributed by atoms with van der Waals surface area (Å²) in [5.41, 5.74) is 1.59. The summed E-state index contributed by atoms with van der Waals surface area (Å²) in [7, 11) is -3.14. The van der Waals surface area contributed by atoms with Crippen molar-refractivity contribution in [3.63, 3.8) is 0 Å². The first kappa shape index (κ1) is 27.0. The van der Waals surface area contributed by atoms with E-state index in [4.69, 9.17) is 11.2 Å². The molecule has 0 spiro atoms. The van der Waals surface area contributed by atoms with Crippen molar-refractivity contribution in [1.29, 1.82) is 0 Å². The molecule has 2 amide bonds. The molecule has 0 fully saturated rings. The molecule has 4 rings (SSSR count). The van der Waals surface area contributed by atoms with Crippen molar-refractivity contribution < 1.29 is 23.7 Å². The van der Waals surface area contributed by atoms with E-state index in [-0.39, 0.29) is 23.4 Å². The Morgan fingerprint density at radius 2 is 1.55 bits per heavy atom. The van der Waals surface area contributed by atoms with Crippen LogP contribution >= 0.6 is 0 Å². The number of hydrogen-bond donors (Lipinski definition) is 3. The topological polar surface area (TPSA) is 113 Å². The number of rotatable bonds is 9. The Bertz CT molecular complexity index is 1610. The normalized spacial score (nSPS) is 13.3. The van der Waals surface area contributed by atoms with E-state index in [9.17, 15) is 23.7 Å². The van der Waals surface area contributed by atoms with Gasteiger partial charge in [0, 0.05) is 16.9 Å². The number of carboxylic acid groups (broad SMARTS) is 1. The van der Waals surface area contributed by atoms with Crippen molar-refractivity contribution in [3.05, 3.63) is 102 Å². The highest BCUT2D eigenvalue weighted by Crippen LogP contribution is 2.28. The minimum atomic E-state index is -3.14. The second-order valence-corrected chi connectivity index (χ2v) is 12.1. The summed E-state index contributed by atoms with van der Waals surface area (Å²) in [6.45, 7) is 1.91. The molecule has 0 heterocycles. The smallest absolute Gasteiger partial charge is 0.303 e. The van der Waals surface area contributed by atoms with E-state index in [1.807, 2.05) is 43.3 Å². The predicted octanol–water partition coefficient (Wildman–Crippen LogP) is 4.91. The van der Waals surface area contributed by atoms with Crippen molar-refractivity contribution in [2.24, 2.45) is 0 Å². The third kappa shape index (κ3) is 6.07. The number of nitrogens with one attached hydrogen (secondary N) is 2. The molecule has 38 heavy (non-hydrogen) atoms. The Labute approximate surface area is 225 Å². The van der Waals surface area contributed by atoms with Gasteiger partial charge in [0.25, 0.3) is 5.91 Å². The molecule has 7 nitrogen and oxygen atoms in total. The van der Waals surface area contributed by atoms with Crippen molar-refractivity contribution in [2.45, 2.75) is 35.6 Å². The summed E-state index contributed by atoms with van der Waals surface area (Å²) in [6, 6.07) is 25.0. The summed E-state index contributed by atoms with van der Waals surface area (Å²) in [5, 5.41) is 16.2. The summed E-state index contributed by atoms with van der Waals surface area (Å²) >= 11 is 5.52. The molecule has 4 aromatic rings. The summed E-state index contributed by atoms with van der Waals surface area (Å²) in [5.74, 6) is -2.25.